The molecule has 1 aromatic heterocycles. The fraction of sp³-hybridized carbons (Fsp3) is 0.357. The van der Waals surface area contributed by atoms with E-state index in [1.807, 2.05) is 32.2 Å². The van der Waals surface area contributed by atoms with Crippen molar-refractivity contribution in [1.29, 1.82) is 0 Å². The maximum atomic E-state index is 12.1. The predicted octanol–water partition coefficient (Wildman–Crippen LogP) is 3.71. The highest BCUT2D eigenvalue weighted by Crippen LogP contribution is 2.22. The van der Waals surface area contributed by atoms with Crippen molar-refractivity contribution in [2.24, 2.45) is 5.92 Å². The number of benzene rings is 1. The smallest absolute Gasteiger partial charge is 0.167 e. The van der Waals surface area contributed by atoms with Gasteiger partial charge in [0.15, 0.2) is 5.78 Å². The summed E-state index contributed by atoms with van der Waals surface area (Å²) in [6, 6.07) is 6.14. The monoisotopic (exact) mass is 215 g/mol. The summed E-state index contributed by atoms with van der Waals surface area (Å²) >= 11 is 0. The van der Waals surface area contributed by atoms with Gasteiger partial charge in [-0.2, -0.15) is 0 Å². The Morgan fingerprint density at radius 3 is 2.88 bits per heavy atom. The average molecular weight is 215 g/mol. The Labute approximate surface area is 95.7 Å². The highest BCUT2D eigenvalue weighted by atomic mass is 16.1. The van der Waals surface area contributed by atoms with Crippen molar-refractivity contribution in [1.82, 2.24) is 4.98 Å². The molecule has 1 unspecified atom stereocenters. The normalized spacial score (nSPS) is 12.9. The van der Waals surface area contributed by atoms with Crippen LogP contribution in [0.5, 0.6) is 0 Å². The van der Waals surface area contributed by atoms with Gasteiger partial charge in [-0.15, -0.1) is 0 Å². The fourth-order valence-corrected chi connectivity index (χ4v) is 1.89. The Hall–Kier alpha value is -1.57. The number of hydrogen-bond donors (Lipinski definition) is 1. The van der Waals surface area contributed by atoms with Crippen molar-refractivity contribution in [2.75, 3.05) is 0 Å². The van der Waals surface area contributed by atoms with E-state index in [-0.39, 0.29) is 11.7 Å². The SMILES string of the molecule is CCC(C)C(=O)c1c[nH]c2cc(C)ccc12. The number of aryl methyl sites for hydroxylation is 1. The lowest BCUT2D eigenvalue weighted by molar-refractivity contribution is 0.0929. The molecular formula is C14H17NO. The van der Waals surface area contributed by atoms with Gasteiger partial charge in [-0.25, -0.2) is 0 Å². The topological polar surface area (TPSA) is 32.9 Å². The molecule has 2 nitrogen and oxygen atoms in total. The van der Waals surface area contributed by atoms with E-state index in [4.69, 9.17) is 0 Å². The van der Waals surface area contributed by atoms with E-state index in [0.717, 1.165) is 22.9 Å². The molecule has 0 spiro atoms. The summed E-state index contributed by atoms with van der Waals surface area (Å²) in [5, 5.41) is 1.04. The van der Waals surface area contributed by atoms with Crippen molar-refractivity contribution in [3.05, 3.63) is 35.5 Å². The number of aromatic amines is 1. The summed E-state index contributed by atoms with van der Waals surface area (Å²) in [7, 11) is 0. The molecule has 16 heavy (non-hydrogen) atoms. The number of H-pyrrole nitrogens is 1. The van der Waals surface area contributed by atoms with E-state index in [9.17, 15) is 4.79 Å². The summed E-state index contributed by atoms with van der Waals surface area (Å²) in [5.41, 5.74) is 3.08. The summed E-state index contributed by atoms with van der Waals surface area (Å²) in [5.74, 6) is 0.331. The molecule has 1 N–H and O–H groups in total. The molecule has 0 aliphatic rings. The summed E-state index contributed by atoms with van der Waals surface area (Å²) in [4.78, 5) is 15.3. The van der Waals surface area contributed by atoms with Gasteiger partial charge in [0, 0.05) is 28.6 Å². The van der Waals surface area contributed by atoms with Crippen molar-refractivity contribution in [3.63, 3.8) is 0 Å². The number of nitrogens with one attached hydrogen (secondary N) is 1. The molecule has 0 bridgehead atoms. The van der Waals surface area contributed by atoms with Gasteiger partial charge in [0.05, 0.1) is 0 Å². The fourth-order valence-electron chi connectivity index (χ4n) is 1.89. The average Bonchev–Trinajstić information content (AvgIpc) is 2.69. The highest BCUT2D eigenvalue weighted by molar-refractivity contribution is 6.08. The van der Waals surface area contributed by atoms with E-state index in [1.165, 1.54) is 5.56 Å². The van der Waals surface area contributed by atoms with Gasteiger partial charge >= 0.3 is 0 Å². The molecule has 0 amide bonds. The number of ketones is 1. The van der Waals surface area contributed by atoms with Crippen LogP contribution in [0.15, 0.2) is 24.4 Å². The second kappa shape index (κ2) is 4.12. The number of hydrogen-bond acceptors (Lipinski definition) is 1. The largest absolute Gasteiger partial charge is 0.360 e. The molecule has 2 rings (SSSR count). The van der Waals surface area contributed by atoms with Crippen molar-refractivity contribution < 1.29 is 4.79 Å². The van der Waals surface area contributed by atoms with Crippen LogP contribution in [0.25, 0.3) is 10.9 Å². The van der Waals surface area contributed by atoms with Crippen molar-refractivity contribution >= 4 is 16.7 Å². The highest BCUT2D eigenvalue weighted by Gasteiger charge is 2.16. The Kier molecular flexibility index (Phi) is 2.82. The number of aromatic nitrogens is 1. The zero-order valence-electron chi connectivity index (χ0n) is 10.0. The van der Waals surface area contributed by atoms with E-state index < -0.39 is 0 Å². The van der Waals surface area contributed by atoms with Gasteiger partial charge < -0.3 is 4.98 Å². The van der Waals surface area contributed by atoms with Gasteiger partial charge in [0.1, 0.15) is 0 Å². The Morgan fingerprint density at radius 2 is 2.19 bits per heavy atom. The van der Waals surface area contributed by atoms with Gasteiger partial charge in [-0.3, -0.25) is 4.79 Å². The third-order valence-corrected chi connectivity index (χ3v) is 3.16. The van der Waals surface area contributed by atoms with Gasteiger partial charge in [0.25, 0.3) is 0 Å². The lowest BCUT2D eigenvalue weighted by Crippen LogP contribution is -2.09. The molecule has 0 aliphatic heterocycles. The molecule has 0 saturated carbocycles. The zero-order valence-corrected chi connectivity index (χ0v) is 10.0. The third-order valence-electron chi connectivity index (χ3n) is 3.16. The van der Waals surface area contributed by atoms with Crippen LogP contribution in [0.2, 0.25) is 0 Å². The second-order valence-electron chi connectivity index (χ2n) is 4.42. The summed E-state index contributed by atoms with van der Waals surface area (Å²) < 4.78 is 0. The lowest BCUT2D eigenvalue weighted by atomic mass is 9.96. The maximum absolute atomic E-state index is 12.1. The van der Waals surface area contributed by atoms with Crippen LogP contribution >= 0.6 is 0 Å². The van der Waals surface area contributed by atoms with E-state index in [0.29, 0.717) is 0 Å². The summed E-state index contributed by atoms with van der Waals surface area (Å²) in [6.07, 6.45) is 2.72. The molecule has 1 heterocycles. The number of rotatable bonds is 3. The molecule has 0 aliphatic carbocycles. The summed E-state index contributed by atoms with van der Waals surface area (Å²) in [6.45, 7) is 6.08. The Morgan fingerprint density at radius 1 is 1.44 bits per heavy atom. The standard InChI is InChI=1S/C14H17NO/c1-4-10(3)14(16)12-8-15-13-7-9(2)5-6-11(12)13/h5-8,10,15H,4H2,1-3H3. The van der Waals surface area contributed by atoms with Crippen LogP contribution in [-0.4, -0.2) is 10.8 Å². The number of Topliss-reactive ketones (excluding diaryl/α,β-unsaturated/α-hetero) is 1. The number of carbonyl (C=O) groups is 1. The first-order valence-electron chi connectivity index (χ1n) is 5.75. The molecule has 2 heteroatoms. The van der Waals surface area contributed by atoms with Crippen LogP contribution in [0.3, 0.4) is 0 Å². The number of fused-ring (bicyclic) bond motifs is 1. The molecule has 0 radical (unpaired) electrons. The quantitative estimate of drug-likeness (QED) is 0.778. The minimum Gasteiger partial charge on any atom is -0.360 e. The van der Waals surface area contributed by atoms with E-state index in [1.54, 1.807) is 0 Å². The first-order valence-corrected chi connectivity index (χ1v) is 5.75. The van der Waals surface area contributed by atoms with Crippen LogP contribution in [0, 0.1) is 12.8 Å². The maximum Gasteiger partial charge on any atom is 0.167 e. The molecule has 0 fully saturated rings. The minimum absolute atomic E-state index is 0.0975. The van der Waals surface area contributed by atoms with E-state index in [2.05, 4.69) is 18.0 Å². The molecule has 1 aromatic carbocycles. The first-order chi connectivity index (χ1) is 7.63. The van der Waals surface area contributed by atoms with Crippen LogP contribution in [-0.2, 0) is 0 Å². The predicted molar refractivity (Wildman–Crippen MR) is 66.8 cm³/mol. The van der Waals surface area contributed by atoms with Gasteiger partial charge in [-0.1, -0.05) is 26.0 Å². The van der Waals surface area contributed by atoms with Crippen LogP contribution < -0.4 is 0 Å². The molecular weight excluding hydrogens is 198 g/mol. The Balaban J connectivity index is 2.50. The first kappa shape index (κ1) is 10.9. The van der Waals surface area contributed by atoms with Crippen molar-refractivity contribution in [3.8, 4) is 0 Å². The van der Waals surface area contributed by atoms with Crippen LogP contribution in [0.4, 0.5) is 0 Å². The second-order valence-corrected chi connectivity index (χ2v) is 4.42. The molecule has 0 saturated heterocycles. The van der Waals surface area contributed by atoms with Gasteiger partial charge in [0.2, 0.25) is 0 Å². The Bertz CT molecular complexity index is 525. The molecule has 84 valence electrons. The molecule has 1 atom stereocenters. The minimum atomic E-state index is 0.0975. The third kappa shape index (κ3) is 1.75. The van der Waals surface area contributed by atoms with Crippen molar-refractivity contribution in [2.45, 2.75) is 27.2 Å². The van der Waals surface area contributed by atoms with Crippen LogP contribution in [0.1, 0.15) is 36.2 Å². The van der Waals surface area contributed by atoms with Gasteiger partial charge in [-0.05, 0) is 25.0 Å². The zero-order chi connectivity index (χ0) is 11.7. The van der Waals surface area contributed by atoms with E-state index >= 15 is 0 Å². The lowest BCUT2D eigenvalue weighted by Gasteiger charge is -2.05. The molecule has 2 aromatic rings. The number of carbonyl (C=O) groups excluding carboxylic acids is 1.